The summed E-state index contributed by atoms with van der Waals surface area (Å²) in [5.74, 6) is -2.32. The van der Waals surface area contributed by atoms with Crippen LogP contribution in [-0.2, 0) is 9.59 Å². The molecule has 70 valence electrons. The molecule has 0 radical (unpaired) electrons. The molecular weight excluding hydrogens is 156 g/mol. The van der Waals surface area contributed by atoms with Crippen molar-refractivity contribution in [2.75, 3.05) is 0 Å². The largest absolute Gasteiger partial charge is 0.542 e. The van der Waals surface area contributed by atoms with Gasteiger partial charge in [-0.3, -0.25) is 4.79 Å². The van der Waals surface area contributed by atoms with Crippen LogP contribution in [0.1, 0.15) is 45.4 Å². The number of hydrogen-bond acceptors (Lipinski definition) is 3. The van der Waals surface area contributed by atoms with E-state index < -0.39 is 11.8 Å². The monoisotopic (exact) mass is 171 g/mol. The zero-order chi connectivity index (χ0) is 9.40. The summed E-state index contributed by atoms with van der Waals surface area (Å²) < 4.78 is 0. The Labute approximate surface area is 72.8 Å². The van der Waals surface area contributed by atoms with Crippen LogP contribution in [0.15, 0.2) is 0 Å². The molecule has 12 heavy (non-hydrogen) atoms. The molecule has 0 fully saturated rings. The van der Waals surface area contributed by atoms with Gasteiger partial charge in [0.2, 0.25) is 0 Å². The van der Waals surface area contributed by atoms with Crippen LogP contribution in [0.3, 0.4) is 0 Å². The molecule has 0 aliphatic carbocycles. The van der Waals surface area contributed by atoms with Crippen molar-refractivity contribution in [3.05, 3.63) is 0 Å². The third-order valence-corrected chi connectivity index (χ3v) is 1.74. The lowest BCUT2D eigenvalue weighted by Gasteiger charge is -2.00. The Morgan fingerprint density at radius 1 is 1.08 bits per heavy atom. The van der Waals surface area contributed by atoms with Gasteiger partial charge in [-0.15, -0.1) is 0 Å². The number of carbonyl (C=O) groups excluding carboxylic acids is 2. The van der Waals surface area contributed by atoms with Crippen LogP contribution in [0, 0.1) is 0 Å². The molecule has 0 aromatic heterocycles. The Morgan fingerprint density at radius 2 is 1.67 bits per heavy atom. The molecule has 0 aromatic carbocycles. The third kappa shape index (κ3) is 5.89. The highest BCUT2D eigenvalue weighted by atomic mass is 16.4. The lowest BCUT2D eigenvalue weighted by atomic mass is 10.1. The van der Waals surface area contributed by atoms with Gasteiger partial charge in [0, 0.05) is 6.42 Å². The maximum absolute atomic E-state index is 10.5. The zero-order valence-electron chi connectivity index (χ0n) is 7.47. The van der Waals surface area contributed by atoms with E-state index in [0.29, 0.717) is 6.42 Å². The van der Waals surface area contributed by atoms with Crippen LogP contribution < -0.4 is 5.11 Å². The van der Waals surface area contributed by atoms with Crippen LogP contribution in [0.2, 0.25) is 0 Å². The molecule has 0 N–H and O–H groups in total. The molecule has 0 heterocycles. The Balaban J connectivity index is 3.20. The SMILES string of the molecule is CCCCCCCC(=O)C(=O)[O-]. The van der Waals surface area contributed by atoms with Crippen molar-refractivity contribution in [1.29, 1.82) is 0 Å². The molecular formula is C9H15O3-. The quantitative estimate of drug-likeness (QED) is 0.418. The van der Waals surface area contributed by atoms with Crippen molar-refractivity contribution in [3.63, 3.8) is 0 Å². The van der Waals surface area contributed by atoms with Crippen LogP contribution in [0.5, 0.6) is 0 Å². The fourth-order valence-electron chi connectivity index (χ4n) is 0.991. The first kappa shape index (κ1) is 11.1. The summed E-state index contributed by atoms with van der Waals surface area (Å²) in [5.41, 5.74) is 0. The summed E-state index contributed by atoms with van der Waals surface area (Å²) in [4.78, 5) is 20.5. The normalized spacial score (nSPS) is 9.75. The van der Waals surface area contributed by atoms with Crippen molar-refractivity contribution in [2.24, 2.45) is 0 Å². The highest BCUT2D eigenvalue weighted by molar-refractivity contribution is 6.31. The van der Waals surface area contributed by atoms with E-state index in [9.17, 15) is 14.7 Å². The standard InChI is InChI=1S/C9H16O3/c1-2-3-4-5-6-7-8(10)9(11)12/h2-7H2,1H3,(H,11,12)/p-1. The van der Waals surface area contributed by atoms with E-state index in [0.717, 1.165) is 25.7 Å². The predicted octanol–water partition coefficient (Wildman–Crippen LogP) is 0.666. The van der Waals surface area contributed by atoms with Crippen LogP contribution in [-0.4, -0.2) is 11.8 Å². The van der Waals surface area contributed by atoms with E-state index in [4.69, 9.17) is 0 Å². The molecule has 0 bridgehead atoms. The van der Waals surface area contributed by atoms with E-state index in [1.165, 1.54) is 0 Å². The van der Waals surface area contributed by atoms with Gasteiger partial charge >= 0.3 is 0 Å². The van der Waals surface area contributed by atoms with Gasteiger partial charge in [-0.1, -0.05) is 32.6 Å². The van der Waals surface area contributed by atoms with Gasteiger partial charge in [-0.05, 0) is 6.42 Å². The smallest absolute Gasteiger partial charge is 0.178 e. The molecule has 0 saturated carbocycles. The second-order valence-electron chi connectivity index (χ2n) is 2.87. The van der Waals surface area contributed by atoms with Crippen LogP contribution in [0.25, 0.3) is 0 Å². The summed E-state index contributed by atoms with van der Waals surface area (Å²) >= 11 is 0. The molecule has 3 nitrogen and oxygen atoms in total. The second kappa shape index (κ2) is 6.83. The number of Topliss-reactive ketones (excluding diaryl/α,β-unsaturated/α-hetero) is 1. The molecule has 0 amide bonds. The van der Waals surface area contributed by atoms with E-state index in [2.05, 4.69) is 6.92 Å². The van der Waals surface area contributed by atoms with Gasteiger partial charge in [0.05, 0.1) is 0 Å². The molecule has 0 aliphatic heterocycles. The molecule has 0 rings (SSSR count). The number of unbranched alkanes of at least 4 members (excludes halogenated alkanes) is 4. The lowest BCUT2D eigenvalue weighted by Crippen LogP contribution is -2.31. The van der Waals surface area contributed by atoms with Crippen molar-refractivity contribution in [3.8, 4) is 0 Å². The van der Waals surface area contributed by atoms with Gasteiger partial charge in [-0.25, -0.2) is 0 Å². The van der Waals surface area contributed by atoms with Crippen LogP contribution in [0.4, 0.5) is 0 Å². The number of carboxylic acids is 1. The molecule has 0 spiro atoms. The third-order valence-electron chi connectivity index (χ3n) is 1.74. The Kier molecular flexibility index (Phi) is 6.34. The number of aliphatic carboxylic acids is 1. The summed E-state index contributed by atoms with van der Waals surface area (Å²) in [5, 5.41) is 9.96. The minimum Gasteiger partial charge on any atom is -0.542 e. The second-order valence-corrected chi connectivity index (χ2v) is 2.87. The van der Waals surface area contributed by atoms with Gasteiger partial charge < -0.3 is 9.90 Å². The number of hydrogen-bond donors (Lipinski definition) is 0. The number of carbonyl (C=O) groups is 2. The minimum absolute atomic E-state index is 0.131. The number of ketones is 1. The van der Waals surface area contributed by atoms with E-state index >= 15 is 0 Å². The Hall–Kier alpha value is -0.860. The minimum atomic E-state index is -1.55. The van der Waals surface area contributed by atoms with E-state index in [1.54, 1.807) is 0 Å². The first-order valence-corrected chi connectivity index (χ1v) is 4.42. The summed E-state index contributed by atoms with van der Waals surface area (Å²) in [7, 11) is 0. The molecule has 0 aliphatic rings. The average molecular weight is 171 g/mol. The van der Waals surface area contributed by atoms with Gasteiger partial charge in [0.1, 0.15) is 5.97 Å². The Bertz CT molecular complexity index is 152. The number of rotatable bonds is 7. The zero-order valence-corrected chi connectivity index (χ0v) is 7.47. The summed E-state index contributed by atoms with van der Waals surface area (Å²) in [6, 6.07) is 0. The fraction of sp³-hybridized carbons (Fsp3) is 0.778. The lowest BCUT2D eigenvalue weighted by molar-refractivity contribution is -0.300. The maximum atomic E-state index is 10.5. The number of carboxylic acid groups (broad SMARTS) is 1. The van der Waals surface area contributed by atoms with E-state index in [1.807, 2.05) is 0 Å². The van der Waals surface area contributed by atoms with Gasteiger partial charge in [-0.2, -0.15) is 0 Å². The average Bonchev–Trinajstić information content (AvgIpc) is 2.03. The predicted molar refractivity (Wildman–Crippen MR) is 43.4 cm³/mol. The molecule has 0 aromatic rings. The van der Waals surface area contributed by atoms with Gasteiger partial charge in [0.25, 0.3) is 0 Å². The molecule has 0 saturated heterocycles. The highest BCUT2D eigenvalue weighted by Crippen LogP contribution is 2.04. The van der Waals surface area contributed by atoms with Crippen molar-refractivity contribution < 1.29 is 14.7 Å². The van der Waals surface area contributed by atoms with Gasteiger partial charge in [0.15, 0.2) is 5.78 Å². The van der Waals surface area contributed by atoms with E-state index in [-0.39, 0.29) is 6.42 Å². The first-order chi connectivity index (χ1) is 5.68. The topological polar surface area (TPSA) is 57.2 Å². The first-order valence-electron chi connectivity index (χ1n) is 4.42. The van der Waals surface area contributed by atoms with Crippen molar-refractivity contribution >= 4 is 11.8 Å². The highest BCUT2D eigenvalue weighted by Gasteiger charge is 2.00. The maximum Gasteiger partial charge on any atom is 0.178 e. The summed E-state index contributed by atoms with van der Waals surface area (Å²) in [6.45, 7) is 2.10. The fourth-order valence-corrected chi connectivity index (χ4v) is 0.991. The van der Waals surface area contributed by atoms with Crippen molar-refractivity contribution in [2.45, 2.75) is 45.4 Å². The molecule has 3 heteroatoms. The molecule has 0 unspecified atom stereocenters. The molecule has 0 atom stereocenters. The van der Waals surface area contributed by atoms with Crippen molar-refractivity contribution in [1.82, 2.24) is 0 Å². The Morgan fingerprint density at radius 3 is 2.17 bits per heavy atom. The van der Waals surface area contributed by atoms with Crippen LogP contribution >= 0.6 is 0 Å². The summed E-state index contributed by atoms with van der Waals surface area (Å²) in [6.07, 6.45) is 5.12.